The number of nitrogens with zero attached hydrogens (tertiary/aromatic N) is 5. The molecule has 0 unspecified atom stereocenters. The van der Waals surface area contributed by atoms with Gasteiger partial charge in [-0.05, 0) is 43.5 Å². The fraction of sp³-hybridized carbons (Fsp3) is 0.333. The average molecular weight is 438 g/mol. The monoisotopic (exact) mass is 437 g/mol. The summed E-state index contributed by atoms with van der Waals surface area (Å²) in [5, 5.41) is 0. The van der Waals surface area contributed by atoms with Gasteiger partial charge in [-0.3, -0.25) is 0 Å². The maximum absolute atomic E-state index is 13.2. The zero-order valence-electron chi connectivity index (χ0n) is 17.1. The highest BCUT2D eigenvalue weighted by Gasteiger charge is 2.46. The summed E-state index contributed by atoms with van der Waals surface area (Å²) >= 11 is 0. The Hall–Kier alpha value is -2.95. The number of nitrogens with two attached hydrogens (primary N) is 1. The zero-order valence-corrected chi connectivity index (χ0v) is 17.9. The van der Waals surface area contributed by atoms with Crippen LogP contribution in [0.4, 0.5) is 5.82 Å². The topological polar surface area (TPSA) is 127 Å². The lowest BCUT2D eigenvalue weighted by Crippen LogP contribution is -2.47. The minimum atomic E-state index is -3.68. The second kappa shape index (κ2) is 7.33. The molecule has 0 spiro atoms. The Balaban J connectivity index is 1.52. The molecule has 2 bridgehead atoms. The largest absolute Gasteiger partial charge is 0.382 e. The van der Waals surface area contributed by atoms with Gasteiger partial charge in [0.1, 0.15) is 12.0 Å². The van der Waals surface area contributed by atoms with E-state index in [4.69, 9.17) is 5.73 Å². The SMILES string of the molecule is Cc1ccc(S(=O)(=O)NC23CCN(CC2)C3)cc1-c1cnc(N)c(-c2ccncn2)n1. The fourth-order valence-corrected chi connectivity index (χ4v) is 5.87. The van der Waals surface area contributed by atoms with Crippen molar-refractivity contribution in [3.05, 3.63) is 48.5 Å². The minimum Gasteiger partial charge on any atom is -0.382 e. The van der Waals surface area contributed by atoms with Crippen LogP contribution in [0.1, 0.15) is 18.4 Å². The normalized spacial score (nSPS) is 22.7. The Labute approximate surface area is 180 Å². The van der Waals surface area contributed by atoms with Crippen LogP contribution in [0, 0.1) is 6.92 Å². The van der Waals surface area contributed by atoms with Crippen molar-refractivity contribution in [2.75, 3.05) is 25.4 Å². The number of benzene rings is 1. The predicted molar refractivity (Wildman–Crippen MR) is 116 cm³/mol. The van der Waals surface area contributed by atoms with Gasteiger partial charge in [0.05, 0.1) is 22.5 Å². The molecule has 0 radical (unpaired) electrons. The van der Waals surface area contributed by atoms with Crippen LogP contribution in [0.15, 0.2) is 47.9 Å². The van der Waals surface area contributed by atoms with Gasteiger partial charge in [-0.1, -0.05) is 6.07 Å². The van der Waals surface area contributed by atoms with E-state index >= 15 is 0 Å². The number of hydrogen-bond acceptors (Lipinski definition) is 8. The highest BCUT2D eigenvalue weighted by atomic mass is 32.2. The van der Waals surface area contributed by atoms with Crippen LogP contribution < -0.4 is 10.5 Å². The minimum absolute atomic E-state index is 0.218. The molecule has 9 nitrogen and oxygen atoms in total. The van der Waals surface area contributed by atoms with E-state index in [0.29, 0.717) is 22.6 Å². The summed E-state index contributed by atoms with van der Waals surface area (Å²) in [6, 6.07) is 6.78. The third-order valence-electron chi connectivity index (χ3n) is 6.11. The van der Waals surface area contributed by atoms with E-state index < -0.39 is 10.0 Å². The third kappa shape index (κ3) is 3.67. The Morgan fingerprint density at radius 1 is 1.13 bits per heavy atom. The first-order chi connectivity index (χ1) is 14.9. The summed E-state index contributed by atoms with van der Waals surface area (Å²) in [6.45, 7) is 4.56. The van der Waals surface area contributed by atoms with Crippen molar-refractivity contribution < 1.29 is 8.42 Å². The molecule has 2 aromatic heterocycles. The Bertz CT molecular complexity index is 1240. The van der Waals surface area contributed by atoms with Gasteiger partial charge in [0.2, 0.25) is 10.0 Å². The fourth-order valence-electron chi connectivity index (χ4n) is 4.40. The predicted octanol–water partition coefficient (Wildman–Crippen LogP) is 1.62. The molecule has 0 amide bonds. The molecule has 10 heteroatoms. The molecule has 2 fully saturated rings. The molecule has 0 saturated carbocycles. The first kappa shape index (κ1) is 20.0. The lowest BCUT2D eigenvalue weighted by molar-refractivity contribution is 0.359. The number of nitrogen functional groups attached to an aromatic ring is 1. The summed E-state index contributed by atoms with van der Waals surface area (Å²) in [6.07, 6.45) is 6.26. The molecule has 2 saturated heterocycles. The molecule has 2 aliphatic heterocycles. The highest BCUT2D eigenvalue weighted by Crippen LogP contribution is 2.34. The number of nitrogens with one attached hydrogen (secondary N) is 1. The smallest absolute Gasteiger partial charge is 0.241 e. The molecule has 160 valence electrons. The molecule has 31 heavy (non-hydrogen) atoms. The highest BCUT2D eigenvalue weighted by molar-refractivity contribution is 7.89. The molecule has 4 heterocycles. The van der Waals surface area contributed by atoms with Gasteiger partial charge >= 0.3 is 0 Å². The Morgan fingerprint density at radius 2 is 1.94 bits per heavy atom. The van der Waals surface area contributed by atoms with Gasteiger partial charge in [-0.25, -0.2) is 33.1 Å². The van der Waals surface area contributed by atoms with Crippen molar-refractivity contribution >= 4 is 15.8 Å². The van der Waals surface area contributed by atoms with E-state index in [9.17, 15) is 8.42 Å². The number of anilines is 1. The van der Waals surface area contributed by atoms with Crippen LogP contribution in [0.5, 0.6) is 0 Å². The molecule has 2 aliphatic rings. The zero-order chi connectivity index (χ0) is 21.6. The summed E-state index contributed by atoms with van der Waals surface area (Å²) in [5.74, 6) is 0.247. The first-order valence-corrected chi connectivity index (χ1v) is 11.6. The maximum Gasteiger partial charge on any atom is 0.241 e. The van der Waals surface area contributed by atoms with Crippen molar-refractivity contribution in [2.24, 2.45) is 0 Å². The van der Waals surface area contributed by atoms with Crippen LogP contribution >= 0.6 is 0 Å². The molecule has 3 N–H and O–H groups in total. The van der Waals surface area contributed by atoms with Gasteiger partial charge in [0.25, 0.3) is 0 Å². The summed E-state index contributed by atoms with van der Waals surface area (Å²) in [5.41, 5.74) is 8.75. The van der Waals surface area contributed by atoms with Gasteiger partial charge in [-0.15, -0.1) is 0 Å². The van der Waals surface area contributed by atoms with Gasteiger partial charge in [0, 0.05) is 36.9 Å². The van der Waals surface area contributed by atoms with Gasteiger partial charge < -0.3 is 10.6 Å². The van der Waals surface area contributed by atoms with Crippen molar-refractivity contribution in [1.29, 1.82) is 0 Å². The van der Waals surface area contributed by atoms with E-state index in [1.54, 1.807) is 36.7 Å². The summed E-state index contributed by atoms with van der Waals surface area (Å²) in [4.78, 5) is 19.5. The van der Waals surface area contributed by atoms with Crippen molar-refractivity contribution in [1.82, 2.24) is 29.6 Å². The van der Waals surface area contributed by atoms with E-state index in [1.165, 1.54) is 6.33 Å². The number of piperidine rings is 1. The Kier molecular flexibility index (Phi) is 4.72. The van der Waals surface area contributed by atoms with Crippen LogP contribution in [-0.2, 0) is 10.0 Å². The quantitative estimate of drug-likeness (QED) is 0.616. The number of fused-ring (bicyclic) bond motifs is 2. The molecule has 0 atom stereocenters. The number of aryl methyl sites for hydroxylation is 1. The second-order valence-electron chi connectivity index (χ2n) is 8.22. The molecule has 1 aromatic carbocycles. The van der Waals surface area contributed by atoms with Crippen LogP contribution in [0.25, 0.3) is 22.6 Å². The summed E-state index contributed by atoms with van der Waals surface area (Å²) < 4.78 is 29.4. The van der Waals surface area contributed by atoms with Crippen LogP contribution in [-0.4, -0.2) is 58.4 Å². The molecule has 3 aromatic rings. The number of sulfonamides is 1. The number of hydrogen-bond donors (Lipinski definition) is 2. The summed E-state index contributed by atoms with van der Waals surface area (Å²) in [7, 11) is -3.68. The van der Waals surface area contributed by atoms with Crippen molar-refractivity contribution in [3.63, 3.8) is 0 Å². The average Bonchev–Trinajstić information content (AvgIpc) is 3.35. The number of rotatable bonds is 5. The van der Waals surface area contributed by atoms with Crippen LogP contribution in [0.2, 0.25) is 0 Å². The lowest BCUT2D eigenvalue weighted by Gasteiger charge is -2.26. The van der Waals surface area contributed by atoms with Gasteiger partial charge in [-0.2, -0.15) is 0 Å². The molecule has 5 rings (SSSR count). The first-order valence-electron chi connectivity index (χ1n) is 10.1. The van der Waals surface area contributed by atoms with Crippen molar-refractivity contribution in [3.8, 4) is 22.6 Å². The molecule has 0 aliphatic carbocycles. The second-order valence-corrected chi connectivity index (χ2v) is 9.90. The van der Waals surface area contributed by atoms with Gasteiger partial charge in [0.15, 0.2) is 5.82 Å². The molecular formula is C21H23N7O2S. The standard InChI is InChI=1S/C21H23N7O2S/c1-14-2-3-15(31(29,30)27-21-5-8-28(12-21)9-6-21)10-16(14)18-11-24-20(22)19(26-18)17-4-7-23-13-25-17/h2-4,7,10-11,13,27H,5-6,8-9,12H2,1H3,(H2,22,24). The maximum atomic E-state index is 13.2. The third-order valence-corrected chi connectivity index (χ3v) is 7.69. The van der Waals surface area contributed by atoms with Crippen LogP contribution in [0.3, 0.4) is 0 Å². The van der Waals surface area contributed by atoms with E-state index in [-0.39, 0.29) is 16.3 Å². The van der Waals surface area contributed by atoms with E-state index in [2.05, 4.69) is 29.6 Å². The number of aromatic nitrogens is 4. The van der Waals surface area contributed by atoms with Crippen molar-refractivity contribution in [2.45, 2.75) is 30.2 Å². The van der Waals surface area contributed by atoms with E-state index in [0.717, 1.165) is 38.0 Å². The Morgan fingerprint density at radius 3 is 2.61 bits per heavy atom. The lowest BCUT2D eigenvalue weighted by atomic mass is 9.97. The molecular weight excluding hydrogens is 414 g/mol. The van der Waals surface area contributed by atoms with E-state index in [1.807, 2.05) is 6.92 Å².